The molecule has 0 radical (unpaired) electrons. The van der Waals surface area contributed by atoms with Gasteiger partial charge in [0.25, 0.3) is 5.91 Å². The van der Waals surface area contributed by atoms with Crippen LogP contribution in [0.5, 0.6) is 17.2 Å². The number of hydrogen-bond donors (Lipinski definition) is 2. The first-order valence-electron chi connectivity index (χ1n) is 11.0. The summed E-state index contributed by atoms with van der Waals surface area (Å²) in [6.07, 6.45) is 3.04. The first-order valence-corrected chi connectivity index (χ1v) is 11.0. The van der Waals surface area contributed by atoms with Gasteiger partial charge in [-0.1, -0.05) is 42.5 Å². The van der Waals surface area contributed by atoms with E-state index in [1.54, 1.807) is 49.6 Å². The summed E-state index contributed by atoms with van der Waals surface area (Å²) in [5.74, 6) is 1.02. The van der Waals surface area contributed by atoms with Gasteiger partial charge in [0.05, 0.1) is 24.4 Å². The van der Waals surface area contributed by atoms with E-state index in [-0.39, 0.29) is 17.9 Å². The SMILES string of the molecule is COc1cc(C=CC(=O)Nc2ccccc2C(=O)NC(C)c2ccccc2)cc2c1OCCO2. The predicted molar refractivity (Wildman–Crippen MR) is 130 cm³/mol. The number of amides is 2. The third-order valence-corrected chi connectivity index (χ3v) is 5.35. The molecule has 0 aromatic heterocycles. The molecule has 0 saturated carbocycles. The maximum Gasteiger partial charge on any atom is 0.253 e. The number of carbonyl (C=O) groups excluding carboxylic acids is 2. The van der Waals surface area contributed by atoms with Gasteiger partial charge in [-0.05, 0) is 48.4 Å². The summed E-state index contributed by atoms with van der Waals surface area (Å²) in [5, 5.41) is 5.77. The molecule has 1 atom stereocenters. The van der Waals surface area contributed by atoms with Crippen LogP contribution in [0.25, 0.3) is 6.08 Å². The fourth-order valence-electron chi connectivity index (χ4n) is 3.63. The number of nitrogens with one attached hydrogen (secondary N) is 2. The molecular weight excluding hydrogens is 432 g/mol. The second-order valence-electron chi connectivity index (χ2n) is 7.72. The van der Waals surface area contributed by atoms with Gasteiger partial charge < -0.3 is 24.8 Å². The fraction of sp³-hybridized carbons (Fsp3) is 0.185. The zero-order valence-electron chi connectivity index (χ0n) is 19.0. The number of para-hydroxylation sites is 1. The molecule has 2 amide bonds. The average molecular weight is 459 g/mol. The maximum atomic E-state index is 12.9. The van der Waals surface area contributed by atoms with Gasteiger partial charge in [-0.3, -0.25) is 9.59 Å². The summed E-state index contributed by atoms with van der Waals surface area (Å²) in [4.78, 5) is 25.5. The average Bonchev–Trinajstić information content (AvgIpc) is 2.87. The Labute approximate surface area is 198 Å². The van der Waals surface area contributed by atoms with Crippen molar-refractivity contribution < 1.29 is 23.8 Å². The highest BCUT2D eigenvalue weighted by molar-refractivity contribution is 6.07. The van der Waals surface area contributed by atoms with Crippen molar-refractivity contribution in [2.75, 3.05) is 25.6 Å². The Hall–Kier alpha value is -4.26. The van der Waals surface area contributed by atoms with Crippen LogP contribution in [-0.2, 0) is 4.79 Å². The Bertz CT molecular complexity index is 1190. The third-order valence-electron chi connectivity index (χ3n) is 5.35. The first-order chi connectivity index (χ1) is 16.5. The number of benzene rings is 3. The van der Waals surface area contributed by atoms with Gasteiger partial charge in [0.1, 0.15) is 13.2 Å². The lowest BCUT2D eigenvalue weighted by atomic mass is 10.1. The Balaban J connectivity index is 1.46. The van der Waals surface area contributed by atoms with E-state index in [2.05, 4.69) is 10.6 Å². The Morgan fingerprint density at radius 2 is 1.74 bits per heavy atom. The molecule has 1 unspecified atom stereocenters. The van der Waals surface area contributed by atoms with Crippen LogP contribution < -0.4 is 24.8 Å². The number of ether oxygens (including phenoxy) is 3. The maximum absolute atomic E-state index is 12.9. The molecule has 34 heavy (non-hydrogen) atoms. The highest BCUT2D eigenvalue weighted by Gasteiger charge is 2.18. The van der Waals surface area contributed by atoms with Gasteiger partial charge in [0, 0.05) is 6.08 Å². The molecule has 4 rings (SSSR count). The summed E-state index contributed by atoms with van der Waals surface area (Å²) in [7, 11) is 1.55. The highest BCUT2D eigenvalue weighted by Crippen LogP contribution is 2.40. The number of rotatable bonds is 7. The molecule has 3 aromatic rings. The second-order valence-corrected chi connectivity index (χ2v) is 7.72. The van der Waals surface area contributed by atoms with Crippen LogP contribution in [0.3, 0.4) is 0 Å². The van der Waals surface area contributed by atoms with E-state index in [0.29, 0.717) is 41.7 Å². The lowest BCUT2D eigenvalue weighted by molar-refractivity contribution is -0.111. The number of fused-ring (bicyclic) bond motifs is 1. The van der Waals surface area contributed by atoms with Crippen molar-refractivity contribution in [3.8, 4) is 17.2 Å². The van der Waals surface area contributed by atoms with Crippen LogP contribution in [0.15, 0.2) is 72.8 Å². The Morgan fingerprint density at radius 3 is 2.53 bits per heavy atom. The van der Waals surface area contributed by atoms with Crippen LogP contribution in [0.4, 0.5) is 5.69 Å². The summed E-state index contributed by atoms with van der Waals surface area (Å²) < 4.78 is 16.6. The minimum absolute atomic E-state index is 0.178. The molecular formula is C27H26N2O5. The molecule has 0 aliphatic carbocycles. The Morgan fingerprint density at radius 1 is 1.00 bits per heavy atom. The molecule has 1 aliphatic heterocycles. The molecule has 0 saturated heterocycles. The smallest absolute Gasteiger partial charge is 0.253 e. The number of hydrogen-bond acceptors (Lipinski definition) is 5. The van der Waals surface area contributed by atoms with Gasteiger partial charge in [0.2, 0.25) is 11.7 Å². The molecule has 3 aromatic carbocycles. The molecule has 7 heteroatoms. The van der Waals surface area contributed by atoms with E-state index in [9.17, 15) is 9.59 Å². The van der Waals surface area contributed by atoms with Crippen LogP contribution in [-0.4, -0.2) is 32.1 Å². The van der Waals surface area contributed by atoms with Crippen molar-refractivity contribution in [1.29, 1.82) is 0 Å². The molecule has 174 valence electrons. The minimum Gasteiger partial charge on any atom is -0.493 e. The summed E-state index contributed by atoms with van der Waals surface area (Å²) in [6, 6.07) is 20.0. The zero-order chi connectivity index (χ0) is 23.9. The second kappa shape index (κ2) is 10.6. The normalized spacial score (nSPS) is 13.2. The van der Waals surface area contributed by atoms with Crippen molar-refractivity contribution in [1.82, 2.24) is 5.32 Å². The van der Waals surface area contributed by atoms with E-state index >= 15 is 0 Å². The predicted octanol–water partition coefficient (Wildman–Crippen LogP) is 4.61. The van der Waals surface area contributed by atoms with Gasteiger partial charge in [-0.25, -0.2) is 0 Å². The molecule has 2 N–H and O–H groups in total. The lowest BCUT2D eigenvalue weighted by Crippen LogP contribution is -2.27. The van der Waals surface area contributed by atoms with Crippen molar-refractivity contribution >= 4 is 23.6 Å². The minimum atomic E-state index is -0.370. The van der Waals surface area contributed by atoms with Crippen molar-refractivity contribution in [2.45, 2.75) is 13.0 Å². The van der Waals surface area contributed by atoms with E-state index < -0.39 is 0 Å². The van der Waals surface area contributed by atoms with Gasteiger partial charge in [-0.15, -0.1) is 0 Å². The van der Waals surface area contributed by atoms with Crippen molar-refractivity contribution in [3.05, 3.63) is 89.5 Å². The topological polar surface area (TPSA) is 85.9 Å². The summed E-state index contributed by atoms with van der Waals surface area (Å²) in [6.45, 7) is 2.82. The zero-order valence-corrected chi connectivity index (χ0v) is 19.0. The fourth-order valence-corrected chi connectivity index (χ4v) is 3.63. The third kappa shape index (κ3) is 5.38. The molecule has 1 aliphatic rings. The molecule has 0 fully saturated rings. The first kappa shape index (κ1) is 22.9. The molecule has 0 spiro atoms. The molecule has 7 nitrogen and oxygen atoms in total. The Kier molecular flexibility index (Phi) is 7.13. The van der Waals surface area contributed by atoms with Crippen LogP contribution >= 0.6 is 0 Å². The summed E-state index contributed by atoms with van der Waals surface area (Å²) >= 11 is 0. The quantitative estimate of drug-likeness (QED) is 0.505. The summed E-state index contributed by atoms with van der Waals surface area (Å²) in [5.41, 5.74) is 2.52. The van der Waals surface area contributed by atoms with Gasteiger partial charge in [0.15, 0.2) is 11.5 Å². The van der Waals surface area contributed by atoms with E-state index in [1.165, 1.54) is 6.08 Å². The van der Waals surface area contributed by atoms with E-state index in [4.69, 9.17) is 14.2 Å². The van der Waals surface area contributed by atoms with Crippen LogP contribution in [0.2, 0.25) is 0 Å². The number of carbonyl (C=O) groups is 2. The largest absolute Gasteiger partial charge is 0.493 e. The number of methoxy groups -OCH3 is 1. The van der Waals surface area contributed by atoms with E-state index in [1.807, 2.05) is 37.3 Å². The van der Waals surface area contributed by atoms with E-state index in [0.717, 1.165) is 11.1 Å². The van der Waals surface area contributed by atoms with Gasteiger partial charge in [-0.2, -0.15) is 0 Å². The van der Waals surface area contributed by atoms with Crippen LogP contribution in [0.1, 0.15) is 34.5 Å². The molecule has 1 heterocycles. The van der Waals surface area contributed by atoms with Gasteiger partial charge >= 0.3 is 0 Å². The standard InChI is InChI=1S/C27H26N2O5/c1-18(20-8-4-3-5-9-20)28-27(31)21-10-6-7-11-22(21)29-25(30)13-12-19-16-23(32-2)26-24(17-19)33-14-15-34-26/h3-13,16-18H,14-15H2,1-2H3,(H,28,31)(H,29,30). The number of anilines is 1. The van der Waals surface area contributed by atoms with Crippen molar-refractivity contribution in [3.63, 3.8) is 0 Å². The highest BCUT2D eigenvalue weighted by atomic mass is 16.6. The van der Waals surface area contributed by atoms with Crippen molar-refractivity contribution in [2.24, 2.45) is 0 Å². The van der Waals surface area contributed by atoms with Crippen LogP contribution in [0, 0.1) is 0 Å². The lowest BCUT2D eigenvalue weighted by Gasteiger charge is -2.20. The molecule has 0 bridgehead atoms. The monoisotopic (exact) mass is 458 g/mol.